The summed E-state index contributed by atoms with van der Waals surface area (Å²) in [5.74, 6) is 1.08. The Morgan fingerprint density at radius 2 is 2.47 bits per heavy atom. The van der Waals surface area contributed by atoms with Gasteiger partial charge in [-0.15, -0.1) is 0 Å². The number of rotatable bonds is 8. The summed E-state index contributed by atoms with van der Waals surface area (Å²) in [6.07, 6.45) is 12.5. The van der Waals surface area contributed by atoms with E-state index in [1.165, 1.54) is 38.5 Å². The summed E-state index contributed by atoms with van der Waals surface area (Å²) < 4.78 is 5.82. The van der Waals surface area contributed by atoms with Gasteiger partial charge >= 0.3 is 0 Å². The van der Waals surface area contributed by atoms with E-state index in [0.29, 0.717) is 12.1 Å². The summed E-state index contributed by atoms with van der Waals surface area (Å²) in [5, 5.41) is 3.63. The highest BCUT2D eigenvalue weighted by atomic mass is 16.5. The van der Waals surface area contributed by atoms with Gasteiger partial charge in [-0.05, 0) is 45.1 Å². The van der Waals surface area contributed by atoms with Crippen LogP contribution in [0.1, 0.15) is 51.3 Å². The van der Waals surface area contributed by atoms with Gasteiger partial charge in [0.15, 0.2) is 0 Å². The Hall–Kier alpha value is -0.870. The van der Waals surface area contributed by atoms with Gasteiger partial charge in [0.25, 0.3) is 0 Å². The fourth-order valence-electron chi connectivity index (χ4n) is 2.69. The molecule has 108 valence electrons. The zero-order valence-electron chi connectivity index (χ0n) is 12.0. The van der Waals surface area contributed by atoms with E-state index < -0.39 is 0 Å². The van der Waals surface area contributed by atoms with Gasteiger partial charge < -0.3 is 15.0 Å². The maximum atomic E-state index is 5.82. The smallest absolute Gasteiger partial charge is 0.107 e. The third-order valence-corrected chi connectivity index (χ3v) is 3.79. The van der Waals surface area contributed by atoms with E-state index in [4.69, 9.17) is 4.74 Å². The number of hydrogen-bond acceptors (Lipinski definition) is 3. The van der Waals surface area contributed by atoms with Crippen molar-refractivity contribution in [3.63, 3.8) is 0 Å². The summed E-state index contributed by atoms with van der Waals surface area (Å²) >= 11 is 0. The molecule has 0 amide bonds. The molecule has 1 aliphatic rings. The van der Waals surface area contributed by atoms with Gasteiger partial charge in [-0.3, -0.25) is 0 Å². The van der Waals surface area contributed by atoms with E-state index in [-0.39, 0.29) is 0 Å². The third-order valence-electron chi connectivity index (χ3n) is 3.79. The summed E-state index contributed by atoms with van der Waals surface area (Å²) in [7, 11) is 0. The molecule has 4 nitrogen and oxygen atoms in total. The summed E-state index contributed by atoms with van der Waals surface area (Å²) in [5.41, 5.74) is 0. The van der Waals surface area contributed by atoms with Crippen molar-refractivity contribution in [3.05, 3.63) is 18.2 Å². The van der Waals surface area contributed by atoms with Crippen LogP contribution in [0.5, 0.6) is 0 Å². The lowest BCUT2D eigenvalue weighted by Crippen LogP contribution is -2.33. The monoisotopic (exact) mass is 265 g/mol. The highest BCUT2D eigenvalue weighted by Gasteiger charge is 2.17. The topological polar surface area (TPSA) is 49.9 Å². The second kappa shape index (κ2) is 8.33. The van der Waals surface area contributed by atoms with Gasteiger partial charge in [0.2, 0.25) is 0 Å². The Balaban J connectivity index is 1.75. The lowest BCUT2D eigenvalue weighted by atomic mass is 10.00. The van der Waals surface area contributed by atoms with Crippen molar-refractivity contribution < 1.29 is 4.74 Å². The quantitative estimate of drug-likeness (QED) is 0.760. The first-order chi connectivity index (χ1) is 9.38. The predicted molar refractivity (Wildman–Crippen MR) is 77.2 cm³/mol. The Labute approximate surface area is 116 Å². The molecule has 2 heterocycles. The van der Waals surface area contributed by atoms with E-state index in [1.54, 1.807) is 0 Å². The van der Waals surface area contributed by atoms with Crippen LogP contribution in [0.25, 0.3) is 0 Å². The van der Waals surface area contributed by atoms with Crippen molar-refractivity contribution in [1.29, 1.82) is 0 Å². The van der Waals surface area contributed by atoms with Gasteiger partial charge in [-0.1, -0.05) is 6.92 Å². The minimum absolute atomic E-state index is 0.483. The number of hydrogen-bond donors (Lipinski definition) is 2. The van der Waals surface area contributed by atoms with Crippen molar-refractivity contribution in [2.75, 3.05) is 13.2 Å². The molecular formula is C15H27N3O. The number of aromatic nitrogens is 2. The van der Waals surface area contributed by atoms with Crippen LogP contribution in [0.3, 0.4) is 0 Å². The standard InChI is InChI=1S/C15H27N3O/c1-2-8-16-13(12-15-17-9-10-18-15)6-7-14-5-3-4-11-19-14/h9-10,13-14,16H,2-8,11-12H2,1H3,(H,17,18). The van der Waals surface area contributed by atoms with Crippen LogP contribution < -0.4 is 5.32 Å². The summed E-state index contributed by atoms with van der Waals surface area (Å²) in [6.45, 7) is 4.24. The molecule has 2 atom stereocenters. The number of nitrogens with zero attached hydrogens (tertiary/aromatic N) is 1. The third kappa shape index (κ3) is 5.33. The molecule has 0 radical (unpaired) electrons. The predicted octanol–water partition coefficient (Wildman–Crippen LogP) is 2.67. The van der Waals surface area contributed by atoms with Crippen LogP contribution in [0, 0.1) is 0 Å². The van der Waals surface area contributed by atoms with Gasteiger partial charge in [0.1, 0.15) is 5.82 Å². The van der Waals surface area contributed by atoms with Crippen molar-refractivity contribution in [1.82, 2.24) is 15.3 Å². The van der Waals surface area contributed by atoms with Crippen molar-refractivity contribution in [2.45, 2.75) is 64.0 Å². The molecule has 0 spiro atoms. The van der Waals surface area contributed by atoms with Crippen LogP contribution in [-0.2, 0) is 11.2 Å². The number of H-pyrrole nitrogens is 1. The average Bonchev–Trinajstić information content (AvgIpc) is 2.96. The molecule has 1 aromatic heterocycles. The number of imidazole rings is 1. The Kier molecular flexibility index (Phi) is 6.37. The highest BCUT2D eigenvalue weighted by molar-refractivity contribution is 4.91. The molecule has 0 saturated carbocycles. The first-order valence-corrected chi connectivity index (χ1v) is 7.71. The van der Waals surface area contributed by atoms with Crippen LogP contribution >= 0.6 is 0 Å². The average molecular weight is 265 g/mol. The van der Waals surface area contributed by atoms with Crippen LogP contribution in [0.4, 0.5) is 0 Å². The number of ether oxygens (including phenoxy) is 1. The van der Waals surface area contributed by atoms with E-state index >= 15 is 0 Å². The molecule has 19 heavy (non-hydrogen) atoms. The largest absolute Gasteiger partial charge is 0.378 e. The maximum absolute atomic E-state index is 5.82. The Morgan fingerprint density at radius 3 is 3.16 bits per heavy atom. The lowest BCUT2D eigenvalue weighted by Gasteiger charge is -2.25. The van der Waals surface area contributed by atoms with E-state index in [2.05, 4.69) is 22.2 Å². The molecule has 2 N–H and O–H groups in total. The van der Waals surface area contributed by atoms with Crippen LogP contribution in [0.15, 0.2) is 12.4 Å². The van der Waals surface area contributed by atoms with Crippen molar-refractivity contribution in [2.24, 2.45) is 0 Å². The second-order valence-electron chi connectivity index (χ2n) is 5.46. The summed E-state index contributed by atoms with van der Waals surface area (Å²) in [4.78, 5) is 7.53. The molecule has 2 unspecified atom stereocenters. The van der Waals surface area contributed by atoms with Gasteiger partial charge in [-0.25, -0.2) is 4.98 Å². The van der Waals surface area contributed by atoms with Crippen molar-refractivity contribution in [3.8, 4) is 0 Å². The zero-order chi connectivity index (χ0) is 13.3. The summed E-state index contributed by atoms with van der Waals surface area (Å²) in [6, 6.07) is 0.511. The first-order valence-electron chi connectivity index (χ1n) is 7.71. The fourth-order valence-corrected chi connectivity index (χ4v) is 2.69. The molecule has 2 rings (SSSR count). The molecule has 0 aliphatic carbocycles. The van der Waals surface area contributed by atoms with Crippen LogP contribution in [-0.4, -0.2) is 35.3 Å². The van der Waals surface area contributed by atoms with E-state index in [9.17, 15) is 0 Å². The minimum Gasteiger partial charge on any atom is -0.378 e. The van der Waals surface area contributed by atoms with Gasteiger partial charge in [0.05, 0.1) is 6.10 Å². The molecule has 1 saturated heterocycles. The SMILES string of the molecule is CCCNC(CCC1CCCCO1)Cc1ncc[nH]1. The molecule has 1 fully saturated rings. The number of aromatic amines is 1. The molecular weight excluding hydrogens is 238 g/mol. The fraction of sp³-hybridized carbons (Fsp3) is 0.800. The molecule has 0 aromatic carbocycles. The van der Waals surface area contributed by atoms with Gasteiger partial charge in [-0.2, -0.15) is 0 Å². The molecule has 0 bridgehead atoms. The van der Waals surface area contributed by atoms with E-state index in [1.807, 2.05) is 12.4 Å². The Morgan fingerprint density at radius 1 is 1.53 bits per heavy atom. The minimum atomic E-state index is 0.483. The highest BCUT2D eigenvalue weighted by Crippen LogP contribution is 2.18. The first kappa shape index (κ1) is 14.5. The molecule has 1 aliphatic heterocycles. The van der Waals surface area contributed by atoms with Crippen LogP contribution in [0.2, 0.25) is 0 Å². The molecule has 1 aromatic rings. The maximum Gasteiger partial charge on any atom is 0.107 e. The molecule has 4 heteroatoms. The normalized spacial score (nSPS) is 21.4. The van der Waals surface area contributed by atoms with Gasteiger partial charge in [0, 0.05) is 31.5 Å². The van der Waals surface area contributed by atoms with Crippen molar-refractivity contribution >= 4 is 0 Å². The zero-order valence-corrected chi connectivity index (χ0v) is 12.0. The second-order valence-corrected chi connectivity index (χ2v) is 5.46. The number of nitrogens with one attached hydrogen (secondary N) is 2. The Bertz CT molecular complexity index is 320. The lowest BCUT2D eigenvalue weighted by molar-refractivity contribution is 0.00856. The van der Waals surface area contributed by atoms with E-state index in [0.717, 1.165) is 25.4 Å².